The Morgan fingerprint density at radius 3 is 1.50 bits per heavy atom. The van der Waals surface area contributed by atoms with Crippen molar-refractivity contribution >= 4 is 41.6 Å². The van der Waals surface area contributed by atoms with Crippen LogP contribution in [0.3, 0.4) is 0 Å². The van der Waals surface area contributed by atoms with Crippen molar-refractivity contribution < 1.29 is 19.1 Å². The van der Waals surface area contributed by atoms with Crippen LogP contribution in [0.2, 0.25) is 0 Å². The number of nitrogens with zero attached hydrogens (tertiary/aromatic N) is 6. The first kappa shape index (κ1) is 47.4. The second-order valence-electron chi connectivity index (χ2n) is 24.1. The molecule has 2 saturated heterocycles. The van der Waals surface area contributed by atoms with Crippen LogP contribution in [0, 0.1) is 46.3 Å². The summed E-state index contributed by atoms with van der Waals surface area (Å²) in [7, 11) is 0. The van der Waals surface area contributed by atoms with E-state index in [2.05, 4.69) is 25.8 Å². The Balaban J connectivity index is 0.000000159. The Morgan fingerprint density at radius 1 is 0.662 bits per heavy atom. The van der Waals surface area contributed by atoms with Gasteiger partial charge in [-0.2, -0.15) is 0 Å². The Morgan fingerprint density at radius 2 is 1.09 bits per heavy atom. The van der Waals surface area contributed by atoms with Gasteiger partial charge in [-0.15, -0.1) is 12.4 Å². The zero-order valence-corrected chi connectivity index (χ0v) is 41.4. The lowest BCUT2D eigenvalue weighted by molar-refractivity contribution is -0.0504. The van der Waals surface area contributed by atoms with Crippen molar-refractivity contribution in [3.05, 3.63) is 71.6 Å². The third-order valence-electron chi connectivity index (χ3n) is 17.2. The van der Waals surface area contributed by atoms with Gasteiger partial charge in [-0.3, -0.25) is 28.2 Å². The number of halogens is 1. The summed E-state index contributed by atoms with van der Waals surface area (Å²) in [5.74, 6) is 5.40. The molecule has 15 heteroatoms. The van der Waals surface area contributed by atoms with Gasteiger partial charge in [0.2, 0.25) is 0 Å². The molecule has 68 heavy (non-hydrogen) atoms. The number of carbonyl (C=O) groups excluding carboxylic acids is 3. The Labute approximate surface area is 408 Å². The van der Waals surface area contributed by atoms with E-state index in [-0.39, 0.29) is 42.4 Å². The molecular weight excluding hydrogens is 876 g/mol. The fraction of sp³-hybridized carbons (Fsp3) is 0.679. The fourth-order valence-corrected chi connectivity index (χ4v) is 15.4. The summed E-state index contributed by atoms with van der Waals surface area (Å²) < 4.78 is 9.28. The van der Waals surface area contributed by atoms with E-state index in [0.29, 0.717) is 28.8 Å². The van der Waals surface area contributed by atoms with Gasteiger partial charge in [-0.1, -0.05) is 12.1 Å². The molecule has 368 valence electrons. The minimum absolute atomic E-state index is 0. The third-order valence-corrected chi connectivity index (χ3v) is 17.2. The molecule has 8 aliphatic carbocycles. The second-order valence-corrected chi connectivity index (χ2v) is 24.1. The number of amides is 3. The van der Waals surface area contributed by atoms with Crippen LogP contribution < -0.4 is 21.7 Å². The number of nitrogens with one attached hydrogen (secondary N) is 3. The van der Waals surface area contributed by atoms with Gasteiger partial charge in [0.05, 0.1) is 11.4 Å². The maximum Gasteiger partial charge on any atom is 0.407 e. The summed E-state index contributed by atoms with van der Waals surface area (Å²) in [6.07, 6.45) is 22.0. The molecule has 5 N–H and O–H groups in total. The standard InChI is InChI=1S/C29H41N5O3.C24H33N5O.ClH/c1-28(2,3)37-27(36)32-22-7-8-33(15-22)16-23-17-34-24(5-4-6-25(34)31-23)26(35)30-18-29-12-19-9-20(13-29)11-21(10-19)14-29;25-19-4-5-28(12-19)13-20-14-29-21(2-1-3-22(29)27-20)23(30)26-15-24-9-16-6-17(10-24)8-18(7-16)11-24;/h4-6,17,19-22H,7-16,18H2,1-3H3,(H,30,35)(H,32,36);1-3,14,16-19H,4-13,15,25H2,(H,26,30);1H/t19?,20?,21?,22-,29?;16?,17?,18?,19-,24?;/m11./s1. The molecule has 0 unspecified atom stereocenters. The quantitative estimate of drug-likeness (QED) is 0.119. The summed E-state index contributed by atoms with van der Waals surface area (Å²) in [5.41, 5.74) is 11.1. The van der Waals surface area contributed by atoms with Crippen LogP contribution >= 0.6 is 12.4 Å². The van der Waals surface area contributed by atoms with Crippen molar-refractivity contribution in [3.8, 4) is 0 Å². The van der Waals surface area contributed by atoms with Crippen LogP contribution in [-0.4, -0.2) is 103 Å². The van der Waals surface area contributed by atoms with Crippen molar-refractivity contribution in [2.75, 3.05) is 39.3 Å². The molecule has 0 aromatic carbocycles. The molecule has 3 amide bonds. The van der Waals surface area contributed by atoms with Crippen molar-refractivity contribution in [3.63, 3.8) is 0 Å². The molecule has 8 bridgehead atoms. The zero-order valence-electron chi connectivity index (χ0n) is 40.6. The zero-order chi connectivity index (χ0) is 46.1. The number of nitrogens with two attached hydrogens (primary N) is 1. The lowest BCUT2D eigenvalue weighted by Gasteiger charge is -2.56. The fourth-order valence-electron chi connectivity index (χ4n) is 15.4. The number of fused-ring (bicyclic) bond motifs is 2. The predicted octanol–water partition coefficient (Wildman–Crippen LogP) is 7.61. The van der Waals surface area contributed by atoms with E-state index in [1.165, 1.54) is 77.0 Å². The molecule has 0 radical (unpaired) electrons. The van der Waals surface area contributed by atoms with Gasteiger partial charge in [0.25, 0.3) is 11.8 Å². The van der Waals surface area contributed by atoms with Gasteiger partial charge in [0.15, 0.2) is 0 Å². The van der Waals surface area contributed by atoms with E-state index < -0.39 is 5.60 Å². The number of hydrogen-bond donors (Lipinski definition) is 4. The number of aromatic nitrogens is 4. The average molecular weight is 952 g/mol. The highest BCUT2D eigenvalue weighted by Gasteiger charge is 2.52. The summed E-state index contributed by atoms with van der Waals surface area (Å²) in [6.45, 7) is 12.3. The van der Waals surface area contributed by atoms with E-state index in [4.69, 9.17) is 20.4 Å². The van der Waals surface area contributed by atoms with E-state index in [1.54, 1.807) is 0 Å². The normalized spacial score (nSPS) is 32.5. The molecule has 14 rings (SSSR count). The Hall–Kier alpha value is -4.24. The number of pyridine rings is 2. The number of likely N-dealkylation sites (tertiary alicyclic amines) is 2. The van der Waals surface area contributed by atoms with E-state index in [1.807, 2.05) is 78.4 Å². The molecule has 4 aromatic rings. The molecule has 6 heterocycles. The molecule has 14 nitrogen and oxygen atoms in total. The topological polar surface area (TPSA) is 164 Å². The minimum atomic E-state index is -0.502. The van der Waals surface area contributed by atoms with Crippen molar-refractivity contribution in [1.29, 1.82) is 0 Å². The van der Waals surface area contributed by atoms with Gasteiger partial charge < -0.3 is 26.4 Å². The predicted molar refractivity (Wildman–Crippen MR) is 264 cm³/mol. The summed E-state index contributed by atoms with van der Waals surface area (Å²) in [5, 5.41) is 9.62. The van der Waals surface area contributed by atoms with Gasteiger partial charge in [-0.25, -0.2) is 14.8 Å². The van der Waals surface area contributed by atoms with Crippen LogP contribution in [-0.2, 0) is 17.8 Å². The first-order chi connectivity index (χ1) is 32.2. The van der Waals surface area contributed by atoms with Crippen LogP contribution in [0.4, 0.5) is 4.79 Å². The Kier molecular flexibility index (Phi) is 13.1. The molecule has 0 spiro atoms. The molecule has 10 fully saturated rings. The summed E-state index contributed by atoms with van der Waals surface area (Å²) in [4.78, 5) is 52.8. The van der Waals surface area contributed by atoms with E-state index >= 15 is 0 Å². The Bertz CT molecular complexity index is 2420. The average Bonchev–Trinajstić information content (AvgIpc) is 4.07. The lowest BCUT2D eigenvalue weighted by Crippen LogP contribution is -2.51. The van der Waals surface area contributed by atoms with Gasteiger partial charge in [0, 0.05) is 76.8 Å². The minimum Gasteiger partial charge on any atom is -0.444 e. The van der Waals surface area contributed by atoms with Crippen molar-refractivity contribution in [1.82, 2.24) is 44.5 Å². The lowest BCUT2D eigenvalue weighted by atomic mass is 9.49. The first-order valence-corrected chi connectivity index (χ1v) is 25.9. The van der Waals surface area contributed by atoms with Gasteiger partial charge in [-0.05, 0) is 181 Å². The number of carbonyl (C=O) groups is 3. The highest BCUT2D eigenvalue weighted by Crippen LogP contribution is 2.61. The van der Waals surface area contributed by atoms with Crippen LogP contribution in [0.1, 0.15) is 143 Å². The number of rotatable bonds is 11. The smallest absolute Gasteiger partial charge is 0.407 e. The monoisotopic (exact) mass is 951 g/mol. The van der Waals surface area contributed by atoms with Gasteiger partial charge >= 0.3 is 6.09 Å². The summed E-state index contributed by atoms with van der Waals surface area (Å²) >= 11 is 0. The molecule has 2 atom stereocenters. The molecule has 8 saturated carbocycles. The maximum atomic E-state index is 13.3. The second kappa shape index (κ2) is 18.8. The van der Waals surface area contributed by atoms with E-state index in [9.17, 15) is 14.4 Å². The van der Waals surface area contributed by atoms with E-state index in [0.717, 1.165) is 117 Å². The highest BCUT2D eigenvalue weighted by molar-refractivity contribution is 5.94. The number of hydrogen-bond acceptors (Lipinski definition) is 9. The highest BCUT2D eigenvalue weighted by atomic mass is 35.5. The maximum absolute atomic E-state index is 13.3. The van der Waals surface area contributed by atoms with Crippen molar-refractivity contribution in [2.24, 2.45) is 52.1 Å². The summed E-state index contributed by atoms with van der Waals surface area (Å²) in [6, 6.07) is 11.9. The molecular formula is C53H75ClN10O4. The molecule has 2 aliphatic heterocycles. The number of alkyl carbamates (subject to hydrolysis) is 1. The largest absolute Gasteiger partial charge is 0.444 e. The third kappa shape index (κ3) is 10.3. The van der Waals surface area contributed by atoms with Crippen LogP contribution in [0.5, 0.6) is 0 Å². The van der Waals surface area contributed by atoms with Crippen LogP contribution in [0.25, 0.3) is 11.3 Å². The number of ether oxygens (including phenoxy) is 1. The number of imidazole rings is 2. The van der Waals surface area contributed by atoms with Crippen molar-refractivity contribution in [2.45, 2.75) is 141 Å². The molecule has 4 aromatic heterocycles. The van der Waals surface area contributed by atoms with Crippen LogP contribution in [0.15, 0.2) is 48.8 Å². The first-order valence-electron chi connectivity index (χ1n) is 25.9. The SMILES string of the molecule is CC(C)(C)OC(=O)N[C@@H]1CCN(Cc2cn3c(C(=O)NCC45CC6CC(CC(C6)C4)C5)cccc3n2)C1.Cl.N[C@@H]1CCN(Cc2cn3c(C(=O)NCC45CC6CC(CC(C6)C4)C5)cccc3n2)C1. The molecule has 10 aliphatic rings. The van der Waals surface area contributed by atoms with Gasteiger partial charge in [0.1, 0.15) is 28.3 Å².